The van der Waals surface area contributed by atoms with Crippen molar-refractivity contribution in [2.24, 2.45) is 0 Å². The smallest absolute Gasteiger partial charge is 0.332 e. The molecular formula is C22H32N4O4S. The van der Waals surface area contributed by atoms with Crippen molar-refractivity contribution >= 4 is 27.6 Å². The number of hydrogen-bond acceptors (Lipinski definition) is 5. The molecule has 1 aliphatic heterocycles. The van der Waals surface area contributed by atoms with E-state index in [1.165, 1.54) is 11.1 Å². The minimum atomic E-state index is -4.07. The van der Waals surface area contributed by atoms with Gasteiger partial charge in [-0.2, -0.15) is 0 Å². The van der Waals surface area contributed by atoms with Crippen LogP contribution in [0.3, 0.4) is 0 Å². The van der Waals surface area contributed by atoms with Crippen LogP contribution in [0.25, 0.3) is 0 Å². The summed E-state index contributed by atoms with van der Waals surface area (Å²) >= 11 is 0. The highest BCUT2D eigenvalue weighted by molar-refractivity contribution is 7.90. The number of urea groups is 1. The van der Waals surface area contributed by atoms with E-state index in [0.717, 1.165) is 68.2 Å². The summed E-state index contributed by atoms with van der Waals surface area (Å²) in [4.78, 5) is 28.8. The van der Waals surface area contributed by atoms with Gasteiger partial charge in [0.2, 0.25) is 15.9 Å². The number of fused-ring (bicyclic) bond motifs is 2. The largest absolute Gasteiger partial charge is 0.342 e. The van der Waals surface area contributed by atoms with Crippen LogP contribution >= 0.6 is 0 Å². The minimum Gasteiger partial charge on any atom is -0.342 e. The molecule has 8 nitrogen and oxygen atoms in total. The number of nitrogens with one attached hydrogen (secondary N) is 2. The summed E-state index contributed by atoms with van der Waals surface area (Å²) in [5.41, 5.74) is 5.57. The van der Waals surface area contributed by atoms with Gasteiger partial charge in [-0.1, -0.05) is 6.07 Å². The third-order valence-corrected chi connectivity index (χ3v) is 7.94. The molecule has 3 aliphatic rings. The third kappa shape index (κ3) is 4.87. The van der Waals surface area contributed by atoms with Crippen LogP contribution in [0.1, 0.15) is 47.9 Å². The Bertz CT molecular complexity index is 949. The van der Waals surface area contributed by atoms with Gasteiger partial charge in [0, 0.05) is 24.8 Å². The number of piperidine rings is 1. The zero-order valence-corrected chi connectivity index (χ0v) is 19.2. The van der Waals surface area contributed by atoms with Gasteiger partial charge in [-0.3, -0.25) is 4.79 Å². The Morgan fingerprint density at radius 3 is 2.16 bits per heavy atom. The number of nitrogens with zero attached hydrogens (tertiary/aromatic N) is 2. The quantitative estimate of drug-likeness (QED) is 0.714. The second-order valence-corrected chi connectivity index (χ2v) is 10.8. The Kier molecular flexibility index (Phi) is 6.25. The van der Waals surface area contributed by atoms with Crippen LogP contribution in [0, 0.1) is 0 Å². The van der Waals surface area contributed by atoms with Crippen LogP contribution in [-0.4, -0.2) is 69.1 Å². The van der Waals surface area contributed by atoms with E-state index in [2.05, 4.69) is 21.0 Å². The summed E-state index contributed by atoms with van der Waals surface area (Å²) in [6, 6.07) is 1.87. The van der Waals surface area contributed by atoms with Gasteiger partial charge in [0.05, 0.1) is 0 Å². The number of carbonyl (C=O) groups is 2. The van der Waals surface area contributed by atoms with Crippen molar-refractivity contribution in [1.82, 2.24) is 14.5 Å². The molecule has 170 valence electrons. The first-order valence-corrected chi connectivity index (χ1v) is 12.8. The molecular weight excluding hydrogens is 416 g/mol. The summed E-state index contributed by atoms with van der Waals surface area (Å²) in [5, 5.41) is 2.81. The van der Waals surface area contributed by atoms with Gasteiger partial charge in [0.25, 0.3) is 0 Å². The SMILES string of the molecule is CN(C)C1CCN(C(=O)CS(=O)(=O)NC(=O)Nc2c3c(cc4c2CCC4)CCC3)CC1. The van der Waals surface area contributed by atoms with Gasteiger partial charge in [-0.05, 0) is 87.7 Å². The molecule has 4 rings (SSSR count). The molecule has 0 bridgehead atoms. The van der Waals surface area contributed by atoms with E-state index in [1.54, 1.807) is 4.90 Å². The number of aryl methyl sites for hydroxylation is 2. The van der Waals surface area contributed by atoms with Crippen LogP contribution in [0.4, 0.5) is 10.5 Å². The Morgan fingerprint density at radius 1 is 1.03 bits per heavy atom. The van der Waals surface area contributed by atoms with Crippen LogP contribution in [0.5, 0.6) is 0 Å². The second kappa shape index (κ2) is 8.78. The lowest BCUT2D eigenvalue weighted by molar-refractivity contribution is -0.129. The van der Waals surface area contributed by atoms with Gasteiger partial charge in [0.1, 0.15) is 5.75 Å². The van der Waals surface area contributed by atoms with Crippen molar-refractivity contribution in [3.05, 3.63) is 28.3 Å². The molecule has 1 heterocycles. The maximum atomic E-state index is 12.6. The average Bonchev–Trinajstić information content (AvgIpc) is 3.36. The zero-order valence-electron chi connectivity index (χ0n) is 18.4. The molecule has 31 heavy (non-hydrogen) atoms. The molecule has 1 saturated heterocycles. The van der Waals surface area contributed by atoms with Crippen molar-refractivity contribution in [1.29, 1.82) is 0 Å². The molecule has 1 fully saturated rings. The van der Waals surface area contributed by atoms with Crippen molar-refractivity contribution in [3.8, 4) is 0 Å². The normalized spacial score (nSPS) is 18.7. The fourth-order valence-corrected chi connectivity index (χ4v) is 6.08. The predicted molar refractivity (Wildman–Crippen MR) is 120 cm³/mol. The molecule has 2 aliphatic carbocycles. The number of hydrogen-bond donors (Lipinski definition) is 2. The van der Waals surface area contributed by atoms with Gasteiger partial charge in [0.15, 0.2) is 0 Å². The van der Waals surface area contributed by atoms with E-state index in [9.17, 15) is 18.0 Å². The lowest BCUT2D eigenvalue weighted by atomic mass is 9.99. The second-order valence-electron chi connectivity index (χ2n) is 9.12. The number of carbonyl (C=O) groups excluding carboxylic acids is 2. The maximum Gasteiger partial charge on any atom is 0.332 e. The molecule has 0 aromatic heterocycles. The van der Waals surface area contributed by atoms with E-state index < -0.39 is 27.7 Å². The molecule has 3 amide bonds. The van der Waals surface area contributed by atoms with Gasteiger partial charge < -0.3 is 15.1 Å². The molecule has 0 unspecified atom stereocenters. The standard InChI is InChI=1S/C22H32N4O4S/c1-25(2)17-9-11-26(12-10-17)20(27)14-31(29,30)24-22(28)23-21-18-7-3-5-15(18)13-16-6-4-8-19(16)21/h13,17H,3-12,14H2,1-2H3,(H2,23,24,28). The van der Waals surface area contributed by atoms with Gasteiger partial charge in [-0.15, -0.1) is 0 Å². The number of anilines is 1. The third-order valence-electron chi connectivity index (χ3n) is 6.82. The number of likely N-dealkylation sites (tertiary alicyclic amines) is 1. The summed E-state index contributed by atoms with van der Waals surface area (Å²) in [6.45, 7) is 1.07. The monoisotopic (exact) mass is 448 g/mol. The first-order chi connectivity index (χ1) is 14.7. The summed E-state index contributed by atoms with van der Waals surface area (Å²) in [5.74, 6) is -1.17. The van der Waals surface area contributed by atoms with E-state index in [1.807, 2.05) is 14.1 Å². The van der Waals surface area contributed by atoms with E-state index in [-0.39, 0.29) is 0 Å². The Balaban J connectivity index is 1.38. The number of sulfonamides is 1. The highest BCUT2D eigenvalue weighted by atomic mass is 32.2. The summed E-state index contributed by atoms with van der Waals surface area (Å²) < 4.78 is 27.0. The van der Waals surface area contributed by atoms with Crippen LogP contribution < -0.4 is 10.0 Å². The maximum absolute atomic E-state index is 12.6. The first-order valence-electron chi connectivity index (χ1n) is 11.2. The topological polar surface area (TPSA) is 98.8 Å². The van der Waals surface area contributed by atoms with E-state index in [0.29, 0.717) is 19.1 Å². The van der Waals surface area contributed by atoms with Crippen LogP contribution in [-0.2, 0) is 40.5 Å². The molecule has 0 spiro atoms. The summed E-state index contributed by atoms with van der Waals surface area (Å²) in [7, 11) is -0.0580. The van der Waals surface area contributed by atoms with Crippen LogP contribution in [0.2, 0.25) is 0 Å². The Hall–Kier alpha value is -2.13. The lowest BCUT2D eigenvalue weighted by Crippen LogP contribution is -2.48. The summed E-state index contributed by atoms with van der Waals surface area (Å²) in [6.07, 6.45) is 7.51. The van der Waals surface area contributed by atoms with Gasteiger partial charge in [-0.25, -0.2) is 17.9 Å². The van der Waals surface area contributed by atoms with E-state index in [4.69, 9.17) is 0 Å². The molecule has 1 aromatic carbocycles. The molecule has 0 atom stereocenters. The molecule has 1 aromatic rings. The highest BCUT2D eigenvalue weighted by Gasteiger charge is 2.29. The van der Waals surface area contributed by atoms with Crippen molar-refractivity contribution < 1.29 is 18.0 Å². The Labute approximate surface area is 184 Å². The molecule has 9 heteroatoms. The predicted octanol–water partition coefficient (Wildman–Crippen LogP) is 1.67. The number of rotatable bonds is 5. The number of amides is 3. The van der Waals surface area contributed by atoms with Crippen molar-refractivity contribution in [3.63, 3.8) is 0 Å². The van der Waals surface area contributed by atoms with E-state index >= 15 is 0 Å². The molecule has 2 N–H and O–H groups in total. The van der Waals surface area contributed by atoms with Crippen LogP contribution in [0.15, 0.2) is 6.07 Å². The molecule has 0 saturated carbocycles. The lowest BCUT2D eigenvalue weighted by Gasteiger charge is -2.35. The van der Waals surface area contributed by atoms with Crippen molar-refractivity contribution in [2.45, 2.75) is 57.4 Å². The fourth-order valence-electron chi connectivity index (χ4n) is 5.17. The Morgan fingerprint density at radius 2 is 1.61 bits per heavy atom. The van der Waals surface area contributed by atoms with Gasteiger partial charge >= 0.3 is 6.03 Å². The molecule has 0 radical (unpaired) electrons. The number of benzene rings is 1. The first kappa shape index (κ1) is 22.1. The minimum absolute atomic E-state index is 0.402. The van der Waals surface area contributed by atoms with Crippen molar-refractivity contribution in [2.75, 3.05) is 38.3 Å². The zero-order chi connectivity index (χ0) is 22.2. The highest BCUT2D eigenvalue weighted by Crippen LogP contribution is 2.38. The fraction of sp³-hybridized carbons (Fsp3) is 0.636. The average molecular weight is 449 g/mol.